The van der Waals surface area contributed by atoms with Crippen molar-refractivity contribution in [3.05, 3.63) is 0 Å². The monoisotopic (exact) mass is 431 g/mol. The summed E-state index contributed by atoms with van der Waals surface area (Å²) in [6.07, 6.45) is 2.46. The van der Waals surface area contributed by atoms with Crippen LogP contribution in [-0.4, -0.2) is 52.0 Å². The molecule has 0 N–H and O–H groups in total. The highest BCUT2D eigenvalue weighted by Crippen LogP contribution is 2.63. The van der Waals surface area contributed by atoms with E-state index in [9.17, 15) is 31.1 Å². The molecule has 4 fully saturated rings. The summed E-state index contributed by atoms with van der Waals surface area (Å²) < 4.78 is 89.7. The lowest BCUT2D eigenvalue weighted by atomic mass is 9.48. The molecule has 0 heterocycles. The summed E-state index contributed by atoms with van der Waals surface area (Å²) in [6, 6.07) is 0. The van der Waals surface area contributed by atoms with Crippen LogP contribution >= 0.6 is 0 Å². The Morgan fingerprint density at radius 2 is 1.79 bits per heavy atom. The smallest absolute Gasteiger partial charge is 0.371 e. The Labute approximate surface area is 162 Å². The van der Waals surface area contributed by atoms with Gasteiger partial charge in [-0.1, -0.05) is 0 Å². The third-order valence-electron chi connectivity index (χ3n) is 6.21. The van der Waals surface area contributed by atoms with Crippen LogP contribution in [0.5, 0.6) is 0 Å². The Morgan fingerprint density at radius 3 is 2.32 bits per heavy atom. The van der Waals surface area contributed by atoms with E-state index in [1.807, 2.05) is 0 Å². The third-order valence-corrected chi connectivity index (χ3v) is 6.93. The number of ether oxygens (including phenoxy) is 3. The molecular weight excluding hydrogens is 408 g/mol. The molecule has 4 rings (SSSR count). The van der Waals surface area contributed by atoms with Gasteiger partial charge in [0, 0.05) is 18.2 Å². The van der Waals surface area contributed by atoms with Crippen LogP contribution in [0.4, 0.5) is 17.6 Å². The summed E-state index contributed by atoms with van der Waals surface area (Å²) in [4.78, 5) is 12.7. The van der Waals surface area contributed by atoms with Gasteiger partial charge in [0.25, 0.3) is 0 Å². The van der Waals surface area contributed by atoms with Crippen LogP contribution in [0.1, 0.15) is 44.9 Å². The molecule has 4 bridgehead atoms. The van der Waals surface area contributed by atoms with Gasteiger partial charge in [0.05, 0.1) is 24.0 Å². The molecule has 0 aromatic rings. The van der Waals surface area contributed by atoms with Crippen LogP contribution < -0.4 is 0 Å². The van der Waals surface area contributed by atoms with Gasteiger partial charge in [0.1, 0.15) is 6.79 Å². The van der Waals surface area contributed by atoms with E-state index < -0.39 is 52.3 Å². The molecule has 3 atom stereocenters. The molecule has 0 radical (unpaired) electrons. The normalized spacial score (nSPS) is 35.8. The number of rotatable bonds is 9. The topological polar surface area (TPSA) is 84.9 Å². The number of alkyl halides is 4. The standard InChI is InChI=1S/C17H24F4O6S/c1-25-10-27-15-7-11-4-12(8-15)6-14(5-11,9-15)13(22)26-3-2-16(18,19)17(20,21)28(23)24/h11-12H,2-10H2,1H3,(H,23,24)/p-1. The van der Waals surface area contributed by atoms with Crippen LogP contribution in [-0.2, 0) is 30.1 Å². The number of halogens is 4. The molecule has 162 valence electrons. The van der Waals surface area contributed by atoms with E-state index in [2.05, 4.69) is 0 Å². The second-order valence-electron chi connectivity index (χ2n) is 8.32. The van der Waals surface area contributed by atoms with Crippen LogP contribution in [0.2, 0.25) is 0 Å². The van der Waals surface area contributed by atoms with E-state index in [0.717, 1.165) is 19.3 Å². The van der Waals surface area contributed by atoms with Crippen LogP contribution in [0, 0.1) is 17.3 Å². The van der Waals surface area contributed by atoms with Gasteiger partial charge in [-0.25, -0.2) is 0 Å². The Kier molecular flexibility index (Phi) is 5.85. The fraction of sp³-hybridized carbons (Fsp3) is 0.941. The lowest BCUT2D eigenvalue weighted by Gasteiger charge is -2.60. The molecule has 0 spiro atoms. The van der Waals surface area contributed by atoms with E-state index in [4.69, 9.17) is 14.2 Å². The molecule has 4 aliphatic rings. The SMILES string of the molecule is COCOC12CC3CC(C1)CC(C(=O)OCCC(F)(F)C(F)(F)S(=O)[O-])(C3)C2. The predicted octanol–water partition coefficient (Wildman–Crippen LogP) is 2.99. The van der Waals surface area contributed by atoms with Gasteiger partial charge in [-0.3, -0.25) is 9.00 Å². The largest absolute Gasteiger partial charge is 0.768 e. The summed E-state index contributed by atoms with van der Waals surface area (Å²) in [5.74, 6) is -5.03. The minimum atomic E-state index is -5.22. The highest BCUT2D eigenvalue weighted by Gasteiger charge is 2.62. The van der Waals surface area contributed by atoms with Crippen molar-refractivity contribution in [2.75, 3.05) is 20.5 Å². The summed E-state index contributed by atoms with van der Waals surface area (Å²) in [6.45, 7) is -0.903. The van der Waals surface area contributed by atoms with Gasteiger partial charge >= 0.3 is 17.1 Å². The van der Waals surface area contributed by atoms with E-state index in [-0.39, 0.29) is 18.6 Å². The minimum Gasteiger partial charge on any atom is -0.768 e. The first-order chi connectivity index (χ1) is 13.0. The molecule has 6 nitrogen and oxygen atoms in total. The highest BCUT2D eigenvalue weighted by molar-refractivity contribution is 7.80. The van der Waals surface area contributed by atoms with Gasteiger partial charge in [-0.15, -0.1) is 0 Å². The van der Waals surface area contributed by atoms with Crippen molar-refractivity contribution in [2.45, 2.75) is 61.7 Å². The number of methoxy groups -OCH3 is 1. The zero-order chi connectivity index (χ0) is 20.8. The quantitative estimate of drug-likeness (QED) is 0.242. The summed E-state index contributed by atoms with van der Waals surface area (Å²) >= 11 is -4.28. The lowest BCUT2D eigenvalue weighted by molar-refractivity contribution is -0.232. The maximum Gasteiger partial charge on any atom is 0.371 e. The van der Waals surface area contributed by atoms with Crippen molar-refractivity contribution in [1.29, 1.82) is 0 Å². The fourth-order valence-electron chi connectivity index (χ4n) is 5.46. The second kappa shape index (κ2) is 7.48. The zero-order valence-electron chi connectivity index (χ0n) is 15.4. The first kappa shape index (κ1) is 21.9. The number of hydrogen-bond donors (Lipinski definition) is 0. The molecule has 3 unspecified atom stereocenters. The van der Waals surface area contributed by atoms with E-state index in [1.54, 1.807) is 0 Å². The number of hydrogen-bond acceptors (Lipinski definition) is 6. The second-order valence-corrected chi connectivity index (χ2v) is 9.30. The van der Waals surface area contributed by atoms with Crippen LogP contribution in [0.3, 0.4) is 0 Å². The maximum absolute atomic E-state index is 13.5. The maximum atomic E-state index is 13.5. The molecular formula is C17H23F4O6S-. The minimum absolute atomic E-state index is 0.0816. The molecule has 4 saturated carbocycles. The zero-order valence-corrected chi connectivity index (χ0v) is 16.2. The Balaban J connectivity index is 1.64. The van der Waals surface area contributed by atoms with Gasteiger partial charge in [-0.05, 0) is 50.4 Å². The van der Waals surface area contributed by atoms with Crippen molar-refractivity contribution in [1.82, 2.24) is 0 Å². The predicted molar refractivity (Wildman–Crippen MR) is 87.2 cm³/mol. The van der Waals surface area contributed by atoms with Crippen molar-refractivity contribution in [2.24, 2.45) is 17.3 Å². The molecule has 0 aromatic carbocycles. The molecule has 28 heavy (non-hydrogen) atoms. The Hall–Kier alpha value is -0.780. The van der Waals surface area contributed by atoms with Gasteiger partial charge in [0.2, 0.25) is 0 Å². The first-order valence-corrected chi connectivity index (χ1v) is 10.2. The summed E-state index contributed by atoms with van der Waals surface area (Å²) in [7, 11) is 1.50. The average Bonchev–Trinajstić information content (AvgIpc) is 2.58. The molecule has 0 aliphatic heterocycles. The molecule has 0 saturated heterocycles. The Bertz CT molecular complexity index is 629. The third kappa shape index (κ3) is 3.82. The van der Waals surface area contributed by atoms with Crippen molar-refractivity contribution in [3.8, 4) is 0 Å². The molecule has 0 aromatic heterocycles. The lowest BCUT2D eigenvalue weighted by Crippen LogP contribution is -2.59. The first-order valence-electron chi connectivity index (χ1n) is 9.10. The van der Waals surface area contributed by atoms with Gasteiger partial charge < -0.3 is 18.8 Å². The van der Waals surface area contributed by atoms with E-state index in [0.29, 0.717) is 19.3 Å². The molecule has 4 aliphatic carbocycles. The number of esters is 1. The summed E-state index contributed by atoms with van der Waals surface area (Å²) in [5.41, 5.74) is -1.40. The Morgan fingerprint density at radius 1 is 1.18 bits per heavy atom. The fourth-order valence-corrected chi connectivity index (χ4v) is 5.81. The molecule has 0 amide bonds. The van der Waals surface area contributed by atoms with Crippen molar-refractivity contribution in [3.63, 3.8) is 0 Å². The van der Waals surface area contributed by atoms with Gasteiger partial charge in [0.15, 0.2) is 0 Å². The molecule has 11 heteroatoms. The van der Waals surface area contributed by atoms with E-state index >= 15 is 0 Å². The number of carbonyl (C=O) groups is 1. The summed E-state index contributed by atoms with van der Waals surface area (Å²) in [5, 5.41) is -5.22. The number of carbonyl (C=O) groups excluding carboxylic acids is 1. The van der Waals surface area contributed by atoms with Crippen molar-refractivity contribution < 1.29 is 45.3 Å². The van der Waals surface area contributed by atoms with Crippen LogP contribution in [0.25, 0.3) is 0 Å². The van der Waals surface area contributed by atoms with Crippen LogP contribution in [0.15, 0.2) is 0 Å². The van der Waals surface area contributed by atoms with Gasteiger partial charge in [-0.2, -0.15) is 17.6 Å². The average molecular weight is 431 g/mol. The highest BCUT2D eigenvalue weighted by atomic mass is 32.2. The van der Waals surface area contributed by atoms with E-state index in [1.165, 1.54) is 7.11 Å². The van der Waals surface area contributed by atoms with Crippen molar-refractivity contribution >= 4 is 17.0 Å².